The summed E-state index contributed by atoms with van der Waals surface area (Å²) in [7, 11) is 1.58. The van der Waals surface area contributed by atoms with Crippen LogP contribution in [0.2, 0.25) is 0 Å². The lowest BCUT2D eigenvalue weighted by atomic mass is 9.93. The summed E-state index contributed by atoms with van der Waals surface area (Å²) >= 11 is 4.34. The van der Waals surface area contributed by atoms with Crippen molar-refractivity contribution in [3.8, 4) is 5.75 Å². The molecule has 3 rings (SSSR count). The normalized spacial score (nSPS) is 14.8. The predicted molar refractivity (Wildman–Crippen MR) is 147 cm³/mol. The average molecular weight is 528 g/mol. The van der Waals surface area contributed by atoms with E-state index in [4.69, 9.17) is 9.47 Å². The first-order valence-corrected chi connectivity index (χ1v) is 13.0. The molecule has 1 aliphatic rings. The van der Waals surface area contributed by atoms with Crippen LogP contribution in [-0.4, -0.2) is 53.4 Å². The number of nitrogens with one attached hydrogen (secondary N) is 2. The molecule has 2 aromatic rings. The van der Waals surface area contributed by atoms with E-state index < -0.39 is 23.8 Å². The highest BCUT2D eigenvalue weighted by atomic mass is 32.1. The summed E-state index contributed by atoms with van der Waals surface area (Å²) in [6.07, 6.45) is 0.839. The number of amides is 3. The van der Waals surface area contributed by atoms with Gasteiger partial charge >= 0.3 is 6.09 Å². The Kier molecular flexibility index (Phi) is 9.12. The van der Waals surface area contributed by atoms with Crippen molar-refractivity contribution in [3.63, 3.8) is 0 Å². The van der Waals surface area contributed by atoms with Crippen LogP contribution in [0.4, 0.5) is 10.5 Å². The van der Waals surface area contributed by atoms with Gasteiger partial charge < -0.3 is 25.0 Å². The number of thiol groups is 1. The SMILES string of the molecule is COc1ccc(NC(=O)C(c2c(C)cccc2C)N(C(=O)C(CS)NC(=O)OC(C)(C)C)C2CC2)cc1. The molecule has 0 heterocycles. The van der Waals surface area contributed by atoms with Crippen LogP contribution < -0.4 is 15.4 Å². The van der Waals surface area contributed by atoms with Crippen LogP contribution in [0.5, 0.6) is 5.75 Å². The number of carbonyl (C=O) groups is 3. The van der Waals surface area contributed by atoms with Crippen molar-refractivity contribution in [1.82, 2.24) is 10.2 Å². The van der Waals surface area contributed by atoms with E-state index in [-0.39, 0.29) is 23.6 Å². The summed E-state index contributed by atoms with van der Waals surface area (Å²) in [5.74, 6) is 0.0174. The number of carbonyl (C=O) groups excluding carboxylic acids is 3. The van der Waals surface area contributed by atoms with Crippen LogP contribution in [-0.2, 0) is 14.3 Å². The van der Waals surface area contributed by atoms with Gasteiger partial charge in [-0.05, 0) is 88.4 Å². The molecular formula is C28H37N3O5S. The van der Waals surface area contributed by atoms with Crippen molar-refractivity contribution in [2.75, 3.05) is 18.2 Å². The number of aryl methyl sites for hydroxylation is 2. The van der Waals surface area contributed by atoms with Gasteiger partial charge in [0.2, 0.25) is 5.91 Å². The summed E-state index contributed by atoms with van der Waals surface area (Å²) in [4.78, 5) is 42.0. The Labute approximate surface area is 224 Å². The van der Waals surface area contributed by atoms with Crippen LogP contribution in [0.1, 0.15) is 56.3 Å². The Morgan fingerprint density at radius 1 is 1.05 bits per heavy atom. The second kappa shape index (κ2) is 11.9. The monoisotopic (exact) mass is 527 g/mol. The third-order valence-corrected chi connectivity index (χ3v) is 6.43. The summed E-state index contributed by atoms with van der Waals surface area (Å²) in [6.45, 7) is 9.12. The van der Waals surface area contributed by atoms with Gasteiger partial charge in [0, 0.05) is 17.5 Å². The molecule has 0 aliphatic heterocycles. The molecule has 200 valence electrons. The van der Waals surface area contributed by atoms with Gasteiger partial charge in [0.25, 0.3) is 5.91 Å². The topological polar surface area (TPSA) is 97.0 Å². The fraction of sp³-hybridized carbons (Fsp3) is 0.464. The van der Waals surface area contributed by atoms with Gasteiger partial charge in [0.05, 0.1) is 7.11 Å². The Morgan fingerprint density at radius 2 is 1.65 bits per heavy atom. The molecule has 0 aromatic heterocycles. The van der Waals surface area contributed by atoms with Crippen molar-refractivity contribution >= 4 is 36.2 Å². The first kappa shape index (κ1) is 28.4. The van der Waals surface area contributed by atoms with E-state index in [2.05, 4.69) is 23.3 Å². The van der Waals surface area contributed by atoms with Gasteiger partial charge in [0.1, 0.15) is 23.4 Å². The Morgan fingerprint density at radius 3 is 2.14 bits per heavy atom. The van der Waals surface area contributed by atoms with Crippen LogP contribution in [0.15, 0.2) is 42.5 Å². The van der Waals surface area contributed by atoms with Crippen LogP contribution in [0, 0.1) is 13.8 Å². The number of ether oxygens (including phenoxy) is 2. The largest absolute Gasteiger partial charge is 0.497 e. The van der Waals surface area contributed by atoms with Crippen molar-refractivity contribution in [2.24, 2.45) is 0 Å². The zero-order chi connectivity index (χ0) is 27.3. The van der Waals surface area contributed by atoms with Crippen LogP contribution >= 0.6 is 12.6 Å². The van der Waals surface area contributed by atoms with Gasteiger partial charge in [-0.2, -0.15) is 12.6 Å². The minimum Gasteiger partial charge on any atom is -0.497 e. The number of benzene rings is 2. The molecule has 37 heavy (non-hydrogen) atoms. The molecular weight excluding hydrogens is 490 g/mol. The standard InChI is InChI=1S/C28H37N3O5S/c1-17-8-7-9-18(2)23(17)24(25(32)29-19-10-14-21(35-6)15-11-19)31(20-12-13-20)26(33)22(16-37)30-27(34)36-28(3,4)5/h7-11,14-15,20,22,24,37H,12-13,16H2,1-6H3,(H,29,32)(H,30,34). The summed E-state index contributed by atoms with van der Waals surface area (Å²) in [5, 5.41) is 5.62. The summed E-state index contributed by atoms with van der Waals surface area (Å²) < 4.78 is 10.6. The maximum atomic E-state index is 13.9. The number of alkyl carbamates (subject to hydrolysis) is 1. The molecule has 1 fully saturated rings. The zero-order valence-electron chi connectivity index (χ0n) is 22.3. The van der Waals surface area contributed by atoms with E-state index in [1.165, 1.54) is 0 Å². The third-order valence-electron chi connectivity index (χ3n) is 6.07. The maximum Gasteiger partial charge on any atom is 0.408 e. The minimum atomic E-state index is -0.959. The lowest BCUT2D eigenvalue weighted by Gasteiger charge is -2.35. The molecule has 2 atom stereocenters. The molecule has 3 amide bonds. The Hall–Kier alpha value is -3.20. The van der Waals surface area contributed by atoms with E-state index in [0.717, 1.165) is 29.5 Å². The number of hydrogen-bond donors (Lipinski definition) is 3. The van der Waals surface area contributed by atoms with Gasteiger partial charge in [-0.1, -0.05) is 18.2 Å². The maximum absolute atomic E-state index is 13.9. The second-order valence-electron chi connectivity index (χ2n) is 10.3. The van der Waals surface area contributed by atoms with Crippen molar-refractivity contribution in [3.05, 3.63) is 59.2 Å². The van der Waals surface area contributed by atoms with E-state index >= 15 is 0 Å². The number of anilines is 1. The third kappa shape index (κ3) is 7.41. The quantitative estimate of drug-likeness (QED) is 0.407. The van der Waals surface area contributed by atoms with Gasteiger partial charge in [-0.15, -0.1) is 0 Å². The van der Waals surface area contributed by atoms with E-state index in [1.54, 1.807) is 57.0 Å². The zero-order valence-corrected chi connectivity index (χ0v) is 23.2. The molecule has 0 spiro atoms. The van der Waals surface area contributed by atoms with E-state index in [9.17, 15) is 14.4 Å². The van der Waals surface area contributed by atoms with Crippen molar-refractivity contribution in [1.29, 1.82) is 0 Å². The highest BCUT2D eigenvalue weighted by Crippen LogP contribution is 2.38. The van der Waals surface area contributed by atoms with Gasteiger partial charge in [-0.25, -0.2) is 4.79 Å². The fourth-order valence-corrected chi connectivity index (χ4v) is 4.47. The van der Waals surface area contributed by atoms with E-state index in [1.807, 2.05) is 32.0 Å². The molecule has 8 nitrogen and oxygen atoms in total. The molecule has 9 heteroatoms. The first-order chi connectivity index (χ1) is 17.4. The Balaban J connectivity index is 1.98. The lowest BCUT2D eigenvalue weighted by molar-refractivity contribution is -0.141. The van der Waals surface area contributed by atoms with Crippen molar-refractivity contribution < 1.29 is 23.9 Å². The Bertz CT molecular complexity index is 1110. The number of nitrogens with zero attached hydrogens (tertiary/aromatic N) is 1. The van der Waals surface area contributed by atoms with Crippen molar-refractivity contribution in [2.45, 2.75) is 71.2 Å². The van der Waals surface area contributed by atoms with Gasteiger partial charge in [-0.3, -0.25) is 9.59 Å². The van der Waals surface area contributed by atoms with Crippen LogP contribution in [0.3, 0.4) is 0 Å². The summed E-state index contributed by atoms with van der Waals surface area (Å²) in [5.41, 5.74) is 2.43. The predicted octanol–water partition coefficient (Wildman–Crippen LogP) is 4.81. The first-order valence-electron chi connectivity index (χ1n) is 12.4. The van der Waals surface area contributed by atoms with Crippen LogP contribution in [0.25, 0.3) is 0 Å². The van der Waals surface area contributed by atoms with Gasteiger partial charge in [0.15, 0.2) is 0 Å². The smallest absolute Gasteiger partial charge is 0.408 e. The molecule has 0 saturated heterocycles. The molecule has 2 unspecified atom stereocenters. The average Bonchev–Trinajstić information content (AvgIpc) is 3.66. The number of methoxy groups -OCH3 is 1. The highest BCUT2D eigenvalue weighted by molar-refractivity contribution is 7.80. The molecule has 0 bridgehead atoms. The second-order valence-corrected chi connectivity index (χ2v) is 10.6. The fourth-order valence-electron chi connectivity index (χ4n) is 4.23. The molecule has 2 N–H and O–H groups in total. The van der Waals surface area contributed by atoms with E-state index in [0.29, 0.717) is 11.4 Å². The minimum absolute atomic E-state index is 0.0564. The number of rotatable bonds is 9. The lowest BCUT2D eigenvalue weighted by Crippen LogP contribution is -2.54. The molecule has 0 radical (unpaired) electrons. The molecule has 1 saturated carbocycles. The number of hydrogen-bond acceptors (Lipinski definition) is 6. The molecule has 1 aliphatic carbocycles. The highest BCUT2D eigenvalue weighted by Gasteiger charge is 2.44. The molecule has 2 aromatic carbocycles. The summed E-state index contributed by atoms with van der Waals surface area (Å²) in [6, 6.07) is 10.8.